The number of carbonyl (C=O) groups excluding carboxylic acids is 1. The van der Waals surface area contributed by atoms with Crippen LogP contribution in [0.1, 0.15) is 45.4 Å². The van der Waals surface area contributed by atoms with E-state index in [1.54, 1.807) is 12.2 Å². The van der Waals surface area contributed by atoms with Crippen LogP contribution in [0.25, 0.3) is 0 Å². The highest BCUT2D eigenvalue weighted by molar-refractivity contribution is 5.95. The highest BCUT2D eigenvalue weighted by Gasteiger charge is 2.27. The highest BCUT2D eigenvalue weighted by Crippen LogP contribution is 2.27. The average molecular weight is 332 g/mol. The van der Waals surface area contributed by atoms with Gasteiger partial charge in [0.2, 0.25) is 0 Å². The van der Waals surface area contributed by atoms with Gasteiger partial charge in [-0.3, -0.25) is 9.59 Å². The Morgan fingerprint density at radius 3 is 2.79 bits per heavy atom. The van der Waals surface area contributed by atoms with E-state index in [0.29, 0.717) is 25.7 Å². The van der Waals surface area contributed by atoms with Crippen LogP contribution in [-0.2, 0) is 9.59 Å². The molecule has 1 rings (SSSR count). The van der Waals surface area contributed by atoms with Crippen molar-refractivity contribution < 1.29 is 19.8 Å². The molecule has 0 spiro atoms. The van der Waals surface area contributed by atoms with Crippen molar-refractivity contribution in [3.05, 3.63) is 48.6 Å². The van der Waals surface area contributed by atoms with Crippen LogP contribution >= 0.6 is 0 Å². The van der Waals surface area contributed by atoms with Crippen molar-refractivity contribution in [1.29, 1.82) is 0 Å². The maximum absolute atomic E-state index is 11.9. The number of hydrogen-bond donors (Lipinski definition) is 2. The Morgan fingerprint density at radius 2 is 2.08 bits per heavy atom. The summed E-state index contributed by atoms with van der Waals surface area (Å²) >= 11 is 0. The monoisotopic (exact) mass is 332 g/mol. The molecular formula is C20H28O4. The quantitative estimate of drug-likeness (QED) is 0.445. The molecule has 2 N–H and O–H groups in total. The Morgan fingerprint density at radius 1 is 1.29 bits per heavy atom. The predicted octanol–water partition coefficient (Wildman–Crippen LogP) is 3.83. The van der Waals surface area contributed by atoms with Gasteiger partial charge >= 0.3 is 5.97 Å². The van der Waals surface area contributed by atoms with E-state index >= 15 is 0 Å². The maximum atomic E-state index is 11.9. The van der Waals surface area contributed by atoms with Gasteiger partial charge in [0, 0.05) is 18.3 Å². The first-order chi connectivity index (χ1) is 11.5. The Bertz CT molecular complexity index is 514. The average Bonchev–Trinajstić information content (AvgIpc) is 2.89. The first-order valence-corrected chi connectivity index (χ1v) is 8.64. The van der Waals surface area contributed by atoms with E-state index in [9.17, 15) is 14.7 Å². The van der Waals surface area contributed by atoms with Gasteiger partial charge < -0.3 is 10.2 Å². The molecule has 3 atom stereocenters. The van der Waals surface area contributed by atoms with Crippen molar-refractivity contribution in [3.8, 4) is 0 Å². The number of carboxylic acid groups (broad SMARTS) is 1. The Kier molecular flexibility index (Phi) is 9.70. The number of aliphatic hydroxyl groups excluding tert-OH is 1. The van der Waals surface area contributed by atoms with Gasteiger partial charge in [-0.25, -0.2) is 0 Å². The molecule has 0 saturated heterocycles. The fourth-order valence-electron chi connectivity index (χ4n) is 2.59. The molecule has 0 aromatic rings. The van der Waals surface area contributed by atoms with Crippen LogP contribution in [-0.4, -0.2) is 28.1 Å². The van der Waals surface area contributed by atoms with E-state index in [1.807, 2.05) is 43.4 Å². The van der Waals surface area contributed by atoms with E-state index in [-0.39, 0.29) is 24.0 Å². The molecule has 0 bridgehead atoms. The van der Waals surface area contributed by atoms with Crippen LogP contribution in [0.15, 0.2) is 48.6 Å². The summed E-state index contributed by atoms with van der Waals surface area (Å²) in [7, 11) is 0. The lowest BCUT2D eigenvalue weighted by atomic mass is 9.90. The smallest absolute Gasteiger partial charge is 0.303 e. The number of allylic oxidation sites excluding steroid dienone is 6. The molecule has 0 aromatic heterocycles. The number of aliphatic hydroxyl groups is 1. The second-order valence-electron chi connectivity index (χ2n) is 6.01. The van der Waals surface area contributed by atoms with Crippen LogP contribution in [0, 0.1) is 11.8 Å². The van der Waals surface area contributed by atoms with Crippen LogP contribution in [0.5, 0.6) is 0 Å². The molecule has 4 nitrogen and oxygen atoms in total. The van der Waals surface area contributed by atoms with E-state index in [4.69, 9.17) is 5.11 Å². The molecule has 0 amide bonds. The van der Waals surface area contributed by atoms with E-state index in [0.717, 1.165) is 6.42 Å². The SMILES string of the molecule is CC/C=C/C[C@H](O)/C=C\[C@@H]1C=CC(=O)[C@@H]1C/C=C\CCCC(=O)O. The van der Waals surface area contributed by atoms with Crippen LogP contribution in [0.2, 0.25) is 0 Å². The summed E-state index contributed by atoms with van der Waals surface area (Å²) in [5, 5.41) is 18.5. The van der Waals surface area contributed by atoms with Gasteiger partial charge in [-0.1, -0.05) is 49.5 Å². The van der Waals surface area contributed by atoms with Crippen molar-refractivity contribution in [2.24, 2.45) is 11.8 Å². The minimum Gasteiger partial charge on any atom is -0.481 e. The Hall–Kier alpha value is -1.94. The fraction of sp³-hybridized carbons (Fsp3) is 0.500. The summed E-state index contributed by atoms with van der Waals surface area (Å²) in [6, 6.07) is 0. The normalized spacial score (nSPS) is 22.3. The molecule has 1 aliphatic carbocycles. The second-order valence-corrected chi connectivity index (χ2v) is 6.01. The topological polar surface area (TPSA) is 74.6 Å². The van der Waals surface area contributed by atoms with Gasteiger partial charge in [0.15, 0.2) is 5.78 Å². The van der Waals surface area contributed by atoms with Crippen molar-refractivity contribution in [1.82, 2.24) is 0 Å². The molecule has 0 aliphatic heterocycles. The zero-order chi connectivity index (χ0) is 17.8. The van der Waals surface area contributed by atoms with Crippen LogP contribution in [0.4, 0.5) is 0 Å². The molecule has 0 heterocycles. The zero-order valence-corrected chi connectivity index (χ0v) is 14.3. The number of carbonyl (C=O) groups is 2. The predicted molar refractivity (Wildman–Crippen MR) is 95.6 cm³/mol. The summed E-state index contributed by atoms with van der Waals surface area (Å²) in [6.45, 7) is 2.05. The number of carboxylic acids is 1. The minimum atomic E-state index is -0.781. The number of aliphatic carboxylic acids is 1. The Balaban J connectivity index is 2.42. The van der Waals surface area contributed by atoms with Gasteiger partial charge in [-0.2, -0.15) is 0 Å². The minimum absolute atomic E-state index is 0.0194. The number of ketones is 1. The lowest BCUT2D eigenvalue weighted by molar-refractivity contribution is -0.137. The van der Waals surface area contributed by atoms with Crippen LogP contribution < -0.4 is 0 Å². The molecule has 4 heteroatoms. The van der Waals surface area contributed by atoms with Crippen molar-refractivity contribution in [2.45, 2.75) is 51.6 Å². The molecule has 0 radical (unpaired) electrons. The third-order valence-corrected chi connectivity index (χ3v) is 3.97. The number of unbranched alkanes of at least 4 members (excludes halogenated alkanes) is 1. The van der Waals surface area contributed by atoms with Gasteiger partial charge in [0.05, 0.1) is 6.10 Å². The van der Waals surface area contributed by atoms with E-state index in [1.165, 1.54) is 0 Å². The number of hydrogen-bond acceptors (Lipinski definition) is 3. The molecule has 1 aliphatic rings. The lowest BCUT2D eigenvalue weighted by Gasteiger charge is -2.13. The van der Waals surface area contributed by atoms with Gasteiger partial charge in [-0.05, 0) is 38.2 Å². The van der Waals surface area contributed by atoms with Crippen LogP contribution in [0.3, 0.4) is 0 Å². The summed E-state index contributed by atoms with van der Waals surface area (Å²) in [4.78, 5) is 22.4. The largest absolute Gasteiger partial charge is 0.481 e. The van der Waals surface area contributed by atoms with Crippen molar-refractivity contribution in [3.63, 3.8) is 0 Å². The van der Waals surface area contributed by atoms with Gasteiger partial charge in [0.1, 0.15) is 0 Å². The van der Waals surface area contributed by atoms with E-state index < -0.39 is 12.1 Å². The third kappa shape index (κ3) is 8.06. The molecule has 0 unspecified atom stereocenters. The summed E-state index contributed by atoms with van der Waals surface area (Å²) in [6.07, 6.45) is 18.2. The summed E-state index contributed by atoms with van der Waals surface area (Å²) < 4.78 is 0. The molecule has 132 valence electrons. The summed E-state index contributed by atoms with van der Waals surface area (Å²) in [5.41, 5.74) is 0. The molecular weight excluding hydrogens is 304 g/mol. The molecule has 0 aromatic carbocycles. The Labute approximate surface area is 144 Å². The van der Waals surface area contributed by atoms with E-state index in [2.05, 4.69) is 0 Å². The maximum Gasteiger partial charge on any atom is 0.303 e. The van der Waals surface area contributed by atoms with Gasteiger partial charge in [-0.15, -0.1) is 0 Å². The number of rotatable bonds is 11. The lowest BCUT2D eigenvalue weighted by Crippen LogP contribution is -2.14. The first kappa shape index (κ1) is 20.1. The third-order valence-electron chi connectivity index (χ3n) is 3.97. The van der Waals surface area contributed by atoms with Gasteiger partial charge in [0.25, 0.3) is 0 Å². The second kappa shape index (κ2) is 11.6. The summed E-state index contributed by atoms with van der Waals surface area (Å²) in [5.74, 6) is -0.766. The fourth-order valence-corrected chi connectivity index (χ4v) is 2.59. The van der Waals surface area contributed by atoms with Crippen molar-refractivity contribution in [2.75, 3.05) is 0 Å². The molecule has 0 fully saturated rings. The molecule has 24 heavy (non-hydrogen) atoms. The standard InChI is InChI=1S/C20H28O4/c1-2-3-6-9-17(21)14-12-16-13-15-19(22)18(16)10-7-4-5-8-11-20(23)24/h3-4,6-7,12-18,21H,2,5,8-11H2,1H3,(H,23,24)/b6-3+,7-4-,14-12-/t16-,17+,18-/m1/s1. The zero-order valence-electron chi connectivity index (χ0n) is 14.3. The highest BCUT2D eigenvalue weighted by atomic mass is 16.4. The molecule has 0 saturated carbocycles. The van der Waals surface area contributed by atoms with Crippen molar-refractivity contribution >= 4 is 11.8 Å². The first-order valence-electron chi connectivity index (χ1n) is 8.64.